The summed E-state index contributed by atoms with van der Waals surface area (Å²) in [4.78, 5) is 3.30. The van der Waals surface area contributed by atoms with Crippen LogP contribution in [0, 0.1) is 6.57 Å². The van der Waals surface area contributed by atoms with Gasteiger partial charge in [0.1, 0.15) is 0 Å². The van der Waals surface area contributed by atoms with Crippen molar-refractivity contribution >= 4 is 43.4 Å². The fraction of sp³-hybridized carbons (Fsp3) is 0.0625. The molecule has 0 aliphatic heterocycles. The Bertz CT molecular complexity index is 932. The summed E-state index contributed by atoms with van der Waals surface area (Å²) in [6.45, 7) is 6.76. The van der Waals surface area contributed by atoms with Crippen LogP contribution < -0.4 is 0 Å². The number of halogens is 1. The van der Waals surface area contributed by atoms with Gasteiger partial charge in [-0.15, -0.1) is 0 Å². The zero-order chi connectivity index (χ0) is 14.7. The highest BCUT2D eigenvalue weighted by Gasteiger charge is 1.95. The molecule has 2 aromatic carbocycles. The minimum Gasteiger partial charge on any atom is -0.279 e. The summed E-state index contributed by atoms with van der Waals surface area (Å²) in [5.74, 6) is 0. The summed E-state index contributed by atoms with van der Waals surface area (Å²) in [6.07, 6.45) is 3.55. The lowest BCUT2D eigenvalue weighted by molar-refractivity contribution is 1.12. The molecule has 4 rings (SSSR count). The molecule has 2 aromatic heterocycles. The zero-order valence-electron chi connectivity index (χ0n) is 10.8. The molecule has 0 fully saturated rings. The minimum atomic E-state index is 0. The molecule has 0 spiro atoms. The van der Waals surface area contributed by atoms with Gasteiger partial charge in [0.25, 0.3) is 0 Å². The third kappa shape index (κ3) is 3.32. The van der Waals surface area contributed by atoms with Crippen molar-refractivity contribution in [3.63, 3.8) is 0 Å². The first kappa shape index (κ1) is 15.7. The lowest BCUT2D eigenvalue weighted by Gasteiger charge is -1.87. The van der Waals surface area contributed by atoms with Gasteiger partial charge in [0.2, 0.25) is 0 Å². The molecule has 0 bridgehead atoms. The second-order valence-corrected chi connectivity index (χ2v) is 5.27. The van der Waals surface area contributed by atoms with Gasteiger partial charge in [-0.3, -0.25) is 10.2 Å². The van der Waals surface area contributed by atoms with E-state index in [0.29, 0.717) is 5.69 Å². The fourth-order valence-electron chi connectivity index (χ4n) is 1.90. The quantitative estimate of drug-likeness (QED) is 0.432. The third-order valence-electron chi connectivity index (χ3n) is 2.96. The van der Waals surface area contributed by atoms with E-state index in [0.717, 1.165) is 26.3 Å². The van der Waals surface area contributed by atoms with Crippen molar-refractivity contribution in [1.29, 1.82) is 0 Å². The second kappa shape index (κ2) is 6.87. The first-order valence-electron chi connectivity index (χ1n) is 6.15. The van der Waals surface area contributed by atoms with Crippen molar-refractivity contribution in [2.24, 2.45) is 0 Å². The lowest BCUT2D eigenvalue weighted by Crippen LogP contribution is -1.67. The van der Waals surface area contributed by atoms with Crippen LogP contribution >= 0.6 is 15.9 Å². The normalized spacial score (nSPS) is 9.64. The standard InChI is InChI=1S/C8H5N3.C7H5BrN2.CH4/c1-9-7-3-2-6-5-10-11-8(6)4-7;8-6-2-1-5-4-9-10-7(5)3-6;/h2-5H,(H,10,11);1-4H,(H,9,10);1H4. The molecule has 0 unspecified atom stereocenters. The van der Waals surface area contributed by atoms with Gasteiger partial charge in [-0.1, -0.05) is 41.6 Å². The van der Waals surface area contributed by atoms with E-state index in [2.05, 4.69) is 41.2 Å². The van der Waals surface area contributed by atoms with Gasteiger partial charge in [0.15, 0.2) is 5.69 Å². The second-order valence-electron chi connectivity index (χ2n) is 4.35. The van der Waals surface area contributed by atoms with E-state index >= 15 is 0 Å². The Morgan fingerprint density at radius 1 is 0.909 bits per heavy atom. The largest absolute Gasteiger partial charge is 0.279 e. The fourth-order valence-corrected chi connectivity index (χ4v) is 2.26. The molecular weight excluding hydrogens is 342 g/mol. The first-order chi connectivity index (χ1) is 10.3. The van der Waals surface area contributed by atoms with Crippen molar-refractivity contribution in [2.75, 3.05) is 0 Å². The van der Waals surface area contributed by atoms with E-state index in [4.69, 9.17) is 6.57 Å². The average molecular weight is 356 g/mol. The smallest absolute Gasteiger partial charge is 0.189 e. The molecule has 0 atom stereocenters. The lowest BCUT2D eigenvalue weighted by atomic mass is 10.2. The Balaban J connectivity index is 0.000000154. The summed E-state index contributed by atoms with van der Waals surface area (Å²) >= 11 is 3.37. The number of nitrogens with one attached hydrogen (secondary N) is 2. The van der Waals surface area contributed by atoms with Gasteiger partial charge < -0.3 is 0 Å². The van der Waals surface area contributed by atoms with E-state index in [9.17, 15) is 0 Å². The predicted molar refractivity (Wildman–Crippen MR) is 92.9 cm³/mol. The van der Waals surface area contributed by atoms with Gasteiger partial charge in [0, 0.05) is 15.2 Å². The number of benzene rings is 2. The summed E-state index contributed by atoms with van der Waals surface area (Å²) < 4.78 is 1.07. The van der Waals surface area contributed by atoms with E-state index in [1.165, 1.54) is 0 Å². The molecule has 0 radical (unpaired) electrons. The number of aromatic amines is 2. The Morgan fingerprint density at radius 3 is 2.14 bits per heavy atom. The van der Waals surface area contributed by atoms with E-state index < -0.39 is 0 Å². The van der Waals surface area contributed by atoms with E-state index in [1.54, 1.807) is 18.3 Å². The molecule has 0 saturated carbocycles. The number of fused-ring (bicyclic) bond motifs is 2. The van der Waals surface area contributed by atoms with Crippen LogP contribution in [-0.2, 0) is 0 Å². The van der Waals surface area contributed by atoms with Crippen LogP contribution in [0.3, 0.4) is 0 Å². The molecule has 0 amide bonds. The summed E-state index contributed by atoms with van der Waals surface area (Å²) in [7, 11) is 0. The monoisotopic (exact) mass is 355 g/mol. The third-order valence-corrected chi connectivity index (χ3v) is 3.45. The van der Waals surface area contributed by atoms with Crippen LogP contribution in [-0.4, -0.2) is 20.4 Å². The number of H-pyrrole nitrogens is 2. The molecule has 2 heterocycles. The van der Waals surface area contributed by atoms with Crippen LogP contribution in [0.15, 0.2) is 53.3 Å². The highest BCUT2D eigenvalue weighted by atomic mass is 79.9. The Hall–Kier alpha value is -2.65. The highest BCUT2D eigenvalue weighted by molar-refractivity contribution is 9.10. The molecule has 4 aromatic rings. The van der Waals surface area contributed by atoms with Gasteiger partial charge >= 0.3 is 0 Å². The van der Waals surface area contributed by atoms with Crippen molar-refractivity contribution in [1.82, 2.24) is 20.4 Å². The maximum Gasteiger partial charge on any atom is 0.189 e. The van der Waals surface area contributed by atoms with E-state index in [1.807, 2.05) is 30.5 Å². The van der Waals surface area contributed by atoms with Crippen LogP contribution in [0.25, 0.3) is 26.7 Å². The zero-order valence-corrected chi connectivity index (χ0v) is 12.4. The Morgan fingerprint density at radius 2 is 1.50 bits per heavy atom. The number of rotatable bonds is 0. The molecule has 6 heteroatoms. The molecule has 0 aliphatic carbocycles. The number of hydrogen-bond donors (Lipinski definition) is 2. The molecule has 0 saturated heterocycles. The topological polar surface area (TPSA) is 61.7 Å². The number of nitrogens with zero attached hydrogens (tertiary/aromatic N) is 3. The molecule has 22 heavy (non-hydrogen) atoms. The molecule has 5 nitrogen and oxygen atoms in total. The highest BCUT2D eigenvalue weighted by Crippen LogP contribution is 2.18. The number of hydrogen-bond acceptors (Lipinski definition) is 2. The molecule has 0 aliphatic rings. The molecule has 2 N–H and O–H groups in total. The summed E-state index contributed by atoms with van der Waals surface area (Å²) in [5, 5.41) is 15.6. The van der Waals surface area contributed by atoms with Crippen molar-refractivity contribution < 1.29 is 0 Å². The maximum atomic E-state index is 6.76. The predicted octanol–water partition coefficient (Wildman–Crippen LogP) is 5.08. The van der Waals surface area contributed by atoms with Crippen LogP contribution in [0.4, 0.5) is 5.69 Å². The number of aromatic nitrogens is 4. The molecular formula is C16H14BrN5. The van der Waals surface area contributed by atoms with Crippen LogP contribution in [0.1, 0.15) is 7.43 Å². The Labute approximate surface area is 136 Å². The Kier molecular flexibility index (Phi) is 4.92. The molecule has 110 valence electrons. The van der Waals surface area contributed by atoms with E-state index in [-0.39, 0.29) is 7.43 Å². The maximum absolute atomic E-state index is 6.76. The average Bonchev–Trinajstić information content (AvgIpc) is 3.15. The van der Waals surface area contributed by atoms with Crippen LogP contribution in [0.5, 0.6) is 0 Å². The van der Waals surface area contributed by atoms with Crippen molar-refractivity contribution in [3.8, 4) is 0 Å². The van der Waals surface area contributed by atoms with Gasteiger partial charge in [-0.05, 0) is 18.2 Å². The summed E-state index contributed by atoms with van der Waals surface area (Å²) in [6, 6.07) is 11.5. The summed E-state index contributed by atoms with van der Waals surface area (Å²) in [5.41, 5.74) is 2.62. The van der Waals surface area contributed by atoms with Crippen LogP contribution in [0.2, 0.25) is 0 Å². The van der Waals surface area contributed by atoms with Gasteiger partial charge in [-0.25, -0.2) is 4.85 Å². The first-order valence-corrected chi connectivity index (χ1v) is 6.95. The van der Waals surface area contributed by atoms with Gasteiger partial charge in [-0.2, -0.15) is 10.2 Å². The minimum absolute atomic E-state index is 0. The SMILES string of the molecule is Brc1ccc2cn[nH]c2c1.C.[C-]#[N+]c1ccc2cn[nH]c2c1. The van der Waals surface area contributed by atoms with Crippen molar-refractivity contribution in [2.45, 2.75) is 7.43 Å². The van der Waals surface area contributed by atoms with Crippen molar-refractivity contribution in [3.05, 3.63) is 64.7 Å². The van der Waals surface area contributed by atoms with Gasteiger partial charge in [0.05, 0.1) is 30.0 Å².